The van der Waals surface area contributed by atoms with Gasteiger partial charge in [0.2, 0.25) is 0 Å². The Morgan fingerprint density at radius 2 is 2.40 bits per heavy atom. The third-order valence-corrected chi connectivity index (χ3v) is 2.72. The van der Waals surface area contributed by atoms with Gasteiger partial charge in [0.05, 0.1) is 13.0 Å². The lowest BCUT2D eigenvalue weighted by atomic mass is 10.2. The van der Waals surface area contributed by atoms with E-state index in [1.54, 1.807) is 0 Å². The summed E-state index contributed by atoms with van der Waals surface area (Å²) >= 11 is 1.83. The van der Waals surface area contributed by atoms with Gasteiger partial charge in [-0.2, -0.15) is 11.8 Å². The number of esters is 1. The van der Waals surface area contributed by atoms with Gasteiger partial charge in [0.15, 0.2) is 0 Å². The SMILES string of the molecule is C=CCSCCNC(C)CC(=O)OCC. The third-order valence-electron chi connectivity index (χ3n) is 1.75. The largest absolute Gasteiger partial charge is 0.466 e. The van der Waals surface area contributed by atoms with E-state index in [-0.39, 0.29) is 12.0 Å². The van der Waals surface area contributed by atoms with Crippen molar-refractivity contribution in [2.75, 3.05) is 24.7 Å². The van der Waals surface area contributed by atoms with Gasteiger partial charge in [-0.3, -0.25) is 4.79 Å². The van der Waals surface area contributed by atoms with Gasteiger partial charge >= 0.3 is 5.97 Å². The molecule has 0 aliphatic rings. The topological polar surface area (TPSA) is 38.3 Å². The maximum atomic E-state index is 11.1. The Labute approximate surface area is 96.6 Å². The van der Waals surface area contributed by atoms with Crippen molar-refractivity contribution in [1.82, 2.24) is 5.32 Å². The van der Waals surface area contributed by atoms with Gasteiger partial charge in [-0.25, -0.2) is 0 Å². The summed E-state index contributed by atoms with van der Waals surface area (Å²) in [7, 11) is 0. The summed E-state index contributed by atoms with van der Waals surface area (Å²) in [4.78, 5) is 11.1. The summed E-state index contributed by atoms with van der Waals surface area (Å²) in [6.45, 7) is 8.84. The van der Waals surface area contributed by atoms with Gasteiger partial charge in [-0.05, 0) is 13.8 Å². The van der Waals surface area contributed by atoms with Crippen LogP contribution < -0.4 is 5.32 Å². The summed E-state index contributed by atoms with van der Waals surface area (Å²) in [5.41, 5.74) is 0. The van der Waals surface area contributed by atoms with Gasteiger partial charge in [0.25, 0.3) is 0 Å². The normalized spacial score (nSPS) is 12.1. The lowest BCUT2D eigenvalue weighted by Crippen LogP contribution is -2.31. The first-order valence-corrected chi connectivity index (χ1v) is 6.43. The van der Waals surface area contributed by atoms with Crippen LogP contribution in [0.15, 0.2) is 12.7 Å². The van der Waals surface area contributed by atoms with Crippen LogP contribution in [0.3, 0.4) is 0 Å². The molecule has 15 heavy (non-hydrogen) atoms. The van der Waals surface area contributed by atoms with Gasteiger partial charge in [0.1, 0.15) is 0 Å². The molecule has 0 aliphatic carbocycles. The van der Waals surface area contributed by atoms with E-state index in [0.29, 0.717) is 13.0 Å². The van der Waals surface area contributed by atoms with Crippen molar-refractivity contribution in [1.29, 1.82) is 0 Å². The van der Waals surface area contributed by atoms with Crippen LogP contribution in [0.25, 0.3) is 0 Å². The Morgan fingerprint density at radius 1 is 1.67 bits per heavy atom. The van der Waals surface area contributed by atoms with E-state index < -0.39 is 0 Å². The van der Waals surface area contributed by atoms with Gasteiger partial charge < -0.3 is 10.1 Å². The molecular weight excluding hydrogens is 210 g/mol. The van der Waals surface area contributed by atoms with Crippen LogP contribution in [0.5, 0.6) is 0 Å². The monoisotopic (exact) mass is 231 g/mol. The van der Waals surface area contributed by atoms with E-state index in [4.69, 9.17) is 4.74 Å². The number of hydrogen-bond donors (Lipinski definition) is 1. The highest BCUT2D eigenvalue weighted by atomic mass is 32.2. The highest BCUT2D eigenvalue weighted by Crippen LogP contribution is 1.99. The summed E-state index contributed by atoms with van der Waals surface area (Å²) in [6.07, 6.45) is 2.34. The molecule has 0 saturated heterocycles. The predicted molar refractivity (Wildman–Crippen MR) is 66.2 cm³/mol. The Morgan fingerprint density at radius 3 is 3.00 bits per heavy atom. The number of carbonyl (C=O) groups is 1. The highest BCUT2D eigenvalue weighted by Gasteiger charge is 2.08. The van der Waals surface area contributed by atoms with Crippen LogP contribution in [0.4, 0.5) is 0 Å². The summed E-state index contributed by atoms with van der Waals surface area (Å²) in [5, 5.41) is 3.27. The molecule has 0 rings (SSSR count). The van der Waals surface area contributed by atoms with Crippen LogP contribution in [-0.2, 0) is 9.53 Å². The fourth-order valence-electron chi connectivity index (χ4n) is 1.09. The predicted octanol–water partition coefficient (Wildman–Crippen LogP) is 1.84. The number of ether oxygens (including phenoxy) is 1. The van der Waals surface area contributed by atoms with Crippen molar-refractivity contribution in [2.45, 2.75) is 26.3 Å². The number of carbonyl (C=O) groups excluding carboxylic acids is 1. The first-order valence-electron chi connectivity index (χ1n) is 5.28. The summed E-state index contributed by atoms with van der Waals surface area (Å²) in [5.74, 6) is 1.89. The molecule has 0 aromatic rings. The maximum absolute atomic E-state index is 11.1. The molecule has 4 heteroatoms. The molecule has 0 spiro atoms. The lowest BCUT2D eigenvalue weighted by molar-refractivity contribution is -0.143. The first-order chi connectivity index (χ1) is 7.20. The zero-order chi connectivity index (χ0) is 11.5. The minimum absolute atomic E-state index is 0.128. The average molecular weight is 231 g/mol. The average Bonchev–Trinajstić information content (AvgIpc) is 2.17. The smallest absolute Gasteiger partial charge is 0.307 e. The third kappa shape index (κ3) is 9.82. The molecule has 88 valence electrons. The molecule has 1 N–H and O–H groups in total. The van der Waals surface area contributed by atoms with Crippen molar-refractivity contribution in [3.63, 3.8) is 0 Å². The molecule has 1 atom stereocenters. The van der Waals surface area contributed by atoms with E-state index >= 15 is 0 Å². The van der Waals surface area contributed by atoms with Crippen molar-refractivity contribution < 1.29 is 9.53 Å². The Bertz CT molecular complexity index is 185. The Kier molecular flexibility index (Phi) is 9.73. The second kappa shape index (κ2) is 10.1. The lowest BCUT2D eigenvalue weighted by Gasteiger charge is -2.12. The molecular formula is C11H21NO2S. The summed E-state index contributed by atoms with van der Waals surface area (Å²) in [6, 6.07) is 0.188. The number of thioether (sulfide) groups is 1. The molecule has 0 fully saturated rings. The molecule has 0 amide bonds. The maximum Gasteiger partial charge on any atom is 0.307 e. The van der Waals surface area contributed by atoms with E-state index in [1.165, 1.54) is 0 Å². The quantitative estimate of drug-likeness (QED) is 0.373. The Hall–Kier alpha value is -0.480. The highest BCUT2D eigenvalue weighted by molar-refractivity contribution is 7.99. The molecule has 0 bridgehead atoms. The van der Waals surface area contributed by atoms with Crippen LogP contribution in [0.2, 0.25) is 0 Å². The van der Waals surface area contributed by atoms with Crippen LogP contribution in [-0.4, -0.2) is 36.7 Å². The van der Waals surface area contributed by atoms with Gasteiger partial charge in [0, 0.05) is 24.1 Å². The minimum Gasteiger partial charge on any atom is -0.466 e. The molecule has 3 nitrogen and oxygen atoms in total. The van der Waals surface area contributed by atoms with Crippen LogP contribution >= 0.6 is 11.8 Å². The fraction of sp³-hybridized carbons (Fsp3) is 0.727. The molecule has 0 saturated carbocycles. The molecule has 0 aromatic carbocycles. The van der Waals surface area contributed by atoms with Crippen molar-refractivity contribution >= 4 is 17.7 Å². The van der Waals surface area contributed by atoms with Gasteiger partial charge in [-0.15, -0.1) is 6.58 Å². The number of rotatable bonds is 9. The second-order valence-corrected chi connectivity index (χ2v) is 4.38. The first kappa shape index (κ1) is 14.5. The molecule has 0 heterocycles. The van der Waals surface area contributed by atoms with Crippen molar-refractivity contribution in [3.05, 3.63) is 12.7 Å². The van der Waals surface area contributed by atoms with E-state index in [2.05, 4.69) is 11.9 Å². The van der Waals surface area contributed by atoms with E-state index in [1.807, 2.05) is 31.7 Å². The Balaban J connectivity index is 3.36. The standard InChI is InChI=1S/C11H21NO2S/c1-4-7-15-8-6-12-10(3)9-11(13)14-5-2/h4,10,12H,1,5-9H2,2-3H3. The summed E-state index contributed by atoms with van der Waals surface area (Å²) < 4.78 is 4.86. The van der Waals surface area contributed by atoms with Crippen molar-refractivity contribution in [3.8, 4) is 0 Å². The number of hydrogen-bond acceptors (Lipinski definition) is 4. The van der Waals surface area contributed by atoms with Crippen molar-refractivity contribution in [2.24, 2.45) is 0 Å². The van der Waals surface area contributed by atoms with Crippen LogP contribution in [0.1, 0.15) is 20.3 Å². The fourth-order valence-corrected chi connectivity index (χ4v) is 1.68. The molecule has 0 aliphatic heterocycles. The van der Waals surface area contributed by atoms with E-state index in [0.717, 1.165) is 18.1 Å². The zero-order valence-corrected chi connectivity index (χ0v) is 10.4. The molecule has 0 aromatic heterocycles. The van der Waals surface area contributed by atoms with Crippen LogP contribution in [0, 0.1) is 0 Å². The molecule has 0 radical (unpaired) electrons. The zero-order valence-electron chi connectivity index (χ0n) is 9.62. The van der Waals surface area contributed by atoms with Gasteiger partial charge in [-0.1, -0.05) is 6.08 Å². The van der Waals surface area contributed by atoms with E-state index in [9.17, 15) is 4.79 Å². The second-order valence-electron chi connectivity index (χ2n) is 3.23. The number of nitrogens with one attached hydrogen (secondary N) is 1. The minimum atomic E-state index is -0.128. The molecule has 1 unspecified atom stereocenters.